The Bertz CT molecular complexity index is 883. The monoisotopic (exact) mass is 464 g/mol. The number of esters is 1. The van der Waals surface area contributed by atoms with Crippen LogP contribution in [0.3, 0.4) is 0 Å². The molecule has 2 aromatic carbocycles. The van der Waals surface area contributed by atoms with Crippen LogP contribution in [0.5, 0.6) is 5.75 Å². The third-order valence-corrected chi connectivity index (χ3v) is 5.55. The minimum Gasteiger partial charge on any atom is -0.420 e. The number of carbonyl (C=O) groups is 1. The predicted octanol–water partition coefficient (Wildman–Crippen LogP) is 7.93. The Morgan fingerprint density at radius 3 is 2.24 bits per heavy atom. The number of ether oxygens (including phenoxy) is 2. The van der Waals surface area contributed by atoms with Crippen LogP contribution in [0.4, 0.5) is 13.2 Å². The molecule has 0 N–H and O–H groups in total. The Labute approximate surface area is 195 Å². The van der Waals surface area contributed by atoms with Crippen LogP contribution in [0.2, 0.25) is 0 Å². The quantitative estimate of drug-likeness (QED) is 0.152. The van der Waals surface area contributed by atoms with Gasteiger partial charge in [-0.1, -0.05) is 64.9 Å². The fourth-order valence-electron chi connectivity index (χ4n) is 3.54. The van der Waals surface area contributed by atoms with Crippen molar-refractivity contribution in [1.29, 1.82) is 0 Å². The number of carbonyl (C=O) groups excluding carboxylic acids is 1. The van der Waals surface area contributed by atoms with E-state index in [9.17, 15) is 18.0 Å². The Morgan fingerprint density at radius 2 is 1.52 bits per heavy atom. The van der Waals surface area contributed by atoms with Crippen molar-refractivity contribution in [3.8, 4) is 5.75 Å². The average Bonchev–Trinajstić information content (AvgIpc) is 2.80. The number of hydrogen-bond acceptors (Lipinski definition) is 3. The van der Waals surface area contributed by atoms with E-state index in [-0.39, 0.29) is 17.7 Å². The van der Waals surface area contributed by atoms with Crippen molar-refractivity contribution in [2.45, 2.75) is 84.7 Å². The molecular weight excluding hydrogens is 429 g/mol. The number of aryl methyl sites for hydroxylation is 1. The summed E-state index contributed by atoms with van der Waals surface area (Å²) in [5.74, 6) is -4.81. The van der Waals surface area contributed by atoms with Crippen molar-refractivity contribution in [1.82, 2.24) is 0 Å². The smallest absolute Gasteiger partial charge is 0.346 e. The standard InChI is InChI=1S/C27H35F3O3/c1-3-5-7-8-9-11-17-32-19-21-14-16-24(26(30)25(21)29)33-27(31)22-15-13-20(18-23(22)28)12-10-6-4-2/h13-16,18H,3-12,17,19H2,1-2H3. The highest BCUT2D eigenvalue weighted by Crippen LogP contribution is 2.25. The Hall–Kier alpha value is -2.34. The van der Waals surface area contributed by atoms with E-state index in [1.165, 1.54) is 37.5 Å². The number of unbranched alkanes of at least 4 members (excludes halogenated alkanes) is 7. The van der Waals surface area contributed by atoms with Gasteiger partial charge >= 0.3 is 5.97 Å². The Balaban J connectivity index is 1.89. The van der Waals surface area contributed by atoms with E-state index in [4.69, 9.17) is 9.47 Å². The lowest BCUT2D eigenvalue weighted by Crippen LogP contribution is -2.13. The molecule has 0 aromatic heterocycles. The minimum absolute atomic E-state index is 0.0425. The molecule has 2 rings (SSSR count). The fourth-order valence-corrected chi connectivity index (χ4v) is 3.54. The van der Waals surface area contributed by atoms with Crippen molar-refractivity contribution in [3.63, 3.8) is 0 Å². The van der Waals surface area contributed by atoms with E-state index in [0.29, 0.717) is 13.0 Å². The summed E-state index contributed by atoms with van der Waals surface area (Å²) in [7, 11) is 0. The SMILES string of the molecule is CCCCCCCCOCc1ccc(OC(=O)c2ccc(CCCCC)cc2F)c(F)c1F. The fraction of sp³-hybridized carbons (Fsp3) is 0.519. The molecular formula is C27H35F3O3. The van der Waals surface area contributed by atoms with E-state index in [2.05, 4.69) is 13.8 Å². The molecule has 2 aromatic rings. The second-order valence-electron chi connectivity index (χ2n) is 8.33. The summed E-state index contributed by atoms with van der Waals surface area (Å²) in [5, 5.41) is 0. The van der Waals surface area contributed by atoms with Gasteiger partial charge in [0.05, 0.1) is 12.2 Å². The van der Waals surface area contributed by atoms with Gasteiger partial charge in [0.1, 0.15) is 5.82 Å². The number of halogens is 3. The zero-order valence-corrected chi connectivity index (χ0v) is 19.7. The summed E-state index contributed by atoms with van der Waals surface area (Å²) in [6, 6.07) is 6.73. The molecule has 0 heterocycles. The summed E-state index contributed by atoms with van der Waals surface area (Å²) in [5.41, 5.74) is 0.501. The van der Waals surface area contributed by atoms with Crippen LogP contribution >= 0.6 is 0 Å². The largest absolute Gasteiger partial charge is 0.420 e. The zero-order valence-electron chi connectivity index (χ0n) is 19.7. The lowest BCUT2D eigenvalue weighted by molar-refractivity contribution is 0.0721. The van der Waals surface area contributed by atoms with E-state index in [1.54, 1.807) is 6.07 Å². The summed E-state index contributed by atoms with van der Waals surface area (Å²) in [6.45, 7) is 4.64. The Kier molecular flexibility index (Phi) is 12.0. The molecule has 33 heavy (non-hydrogen) atoms. The second-order valence-corrected chi connectivity index (χ2v) is 8.33. The number of rotatable bonds is 15. The van der Waals surface area contributed by atoms with Gasteiger partial charge in [-0.05, 0) is 49.1 Å². The van der Waals surface area contributed by atoms with E-state index in [0.717, 1.165) is 50.2 Å². The molecule has 0 unspecified atom stereocenters. The summed E-state index contributed by atoms with van der Waals surface area (Å²) in [6.07, 6.45) is 10.4. The molecule has 0 saturated heterocycles. The van der Waals surface area contributed by atoms with Crippen LogP contribution in [0.1, 0.15) is 93.1 Å². The van der Waals surface area contributed by atoms with Crippen molar-refractivity contribution in [2.75, 3.05) is 6.61 Å². The molecule has 182 valence electrons. The molecule has 0 atom stereocenters. The van der Waals surface area contributed by atoms with Crippen LogP contribution in [0.15, 0.2) is 30.3 Å². The highest BCUT2D eigenvalue weighted by atomic mass is 19.2. The highest BCUT2D eigenvalue weighted by Gasteiger charge is 2.20. The third-order valence-electron chi connectivity index (χ3n) is 5.55. The van der Waals surface area contributed by atoms with Gasteiger partial charge in [-0.25, -0.2) is 13.6 Å². The van der Waals surface area contributed by atoms with Gasteiger partial charge in [0.25, 0.3) is 0 Å². The molecule has 0 fully saturated rings. The van der Waals surface area contributed by atoms with Crippen LogP contribution in [0, 0.1) is 17.5 Å². The molecule has 6 heteroatoms. The van der Waals surface area contributed by atoms with Gasteiger partial charge in [-0.3, -0.25) is 0 Å². The van der Waals surface area contributed by atoms with Gasteiger partial charge in [-0.15, -0.1) is 0 Å². The molecule has 0 aliphatic carbocycles. The molecule has 3 nitrogen and oxygen atoms in total. The van der Waals surface area contributed by atoms with Crippen molar-refractivity contribution < 1.29 is 27.4 Å². The van der Waals surface area contributed by atoms with E-state index in [1.807, 2.05) is 0 Å². The number of benzene rings is 2. The van der Waals surface area contributed by atoms with Gasteiger partial charge in [0, 0.05) is 12.2 Å². The first-order chi connectivity index (χ1) is 16.0. The topological polar surface area (TPSA) is 35.5 Å². The molecule has 0 bridgehead atoms. The van der Waals surface area contributed by atoms with Crippen LogP contribution < -0.4 is 4.74 Å². The van der Waals surface area contributed by atoms with Crippen molar-refractivity contribution >= 4 is 5.97 Å². The normalized spacial score (nSPS) is 11.1. The highest BCUT2D eigenvalue weighted by molar-refractivity contribution is 5.91. The lowest BCUT2D eigenvalue weighted by Gasteiger charge is -2.11. The van der Waals surface area contributed by atoms with Crippen molar-refractivity contribution in [2.24, 2.45) is 0 Å². The summed E-state index contributed by atoms with van der Waals surface area (Å²) < 4.78 is 53.6. The third kappa shape index (κ3) is 8.84. The van der Waals surface area contributed by atoms with Crippen LogP contribution in [0.25, 0.3) is 0 Å². The van der Waals surface area contributed by atoms with Gasteiger partial charge in [0.2, 0.25) is 5.82 Å². The Morgan fingerprint density at radius 1 is 0.818 bits per heavy atom. The first-order valence-electron chi connectivity index (χ1n) is 12.0. The zero-order chi connectivity index (χ0) is 24.1. The van der Waals surface area contributed by atoms with Gasteiger partial charge in [-0.2, -0.15) is 4.39 Å². The van der Waals surface area contributed by atoms with Crippen LogP contribution in [-0.4, -0.2) is 12.6 Å². The molecule has 0 radical (unpaired) electrons. The van der Waals surface area contributed by atoms with E-state index >= 15 is 0 Å². The minimum atomic E-state index is -1.29. The maximum atomic E-state index is 14.4. The first kappa shape index (κ1) is 26.9. The van der Waals surface area contributed by atoms with Crippen molar-refractivity contribution in [3.05, 3.63) is 64.5 Å². The lowest BCUT2D eigenvalue weighted by atomic mass is 10.0. The predicted molar refractivity (Wildman–Crippen MR) is 124 cm³/mol. The molecule has 0 aliphatic heterocycles. The second kappa shape index (κ2) is 14.7. The summed E-state index contributed by atoms with van der Waals surface area (Å²) in [4.78, 5) is 12.3. The molecule has 0 saturated carbocycles. The first-order valence-corrected chi connectivity index (χ1v) is 12.0. The number of hydrogen-bond donors (Lipinski definition) is 0. The average molecular weight is 465 g/mol. The van der Waals surface area contributed by atoms with E-state index < -0.39 is 29.2 Å². The maximum Gasteiger partial charge on any atom is 0.346 e. The molecule has 0 aliphatic rings. The van der Waals surface area contributed by atoms with Gasteiger partial charge in [0.15, 0.2) is 11.6 Å². The molecule has 0 spiro atoms. The molecule has 0 amide bonds. The summed E-state index contributed by atoms with van der Waals surface area (Å²) >= 11 is 0. The van der Waals surface area contributed by atoms with Gasteiger partial charge < -0.3 is 9.47 Å². The van der Waals surface area contributed by atoms with Crippen LogP contribution in [-0.2, 0) is 17.8 Å². The maximum absolute atomic E-state index is 14.4.